The number of rotatable bonds is 6. The zero-order chi connectivity index (χ0) is 18.4. The van der Waals surface area contributed by atoms with Gasteiger partial charge in [-0.25, -0.2) is 4.39 Å². The number of halogens is 1. The molecule has 0 saturated carbocycles. The molecule has 0 N–H and O–H groups in total. The van der Waals surface area contributed by atoms with E-state index in [2.05, 4.69) is 4.90 Å². The Morgan fingerprint density at radius 3 is 2.27 bits per heavy atom. The molecule has 26 heavy (non-hydrogen) atoms. The molecular formula is C19H26FN3O2S. The van der Waals surface area contributed by atoms with Gasteiger partial charge >= 0.3 is 0 Å². The molecule has 5 nitrogen and oxygen atoms in total. The number of hydrogen-bond donors (Lipinski definition) is 0. The van der Waals surface area contributed by atoms with E-state index in [0.717, 1.165) is 39.0 Å². The van der Waals surface area contributed by atoms with Gasteiger partial charge in [-0.05, 0) is 25.0 Å². The third kappa shape index (κ3) is 5.20. The first-order chi connectivity index (χ1) is 12.6. The number of likely N-dealkylation sites (tertiary alicyclic amines) is 1. The molecule has 0 bridgehead atoms. The maximum absolute atomic E-state index is 13.6. The molecule has 7 heteroatoms. The van der Waals surface area contributed by atoms with E-state index >= 15 is 0 Å². The third-order valence-electron chi connectivity index (χ3n) is 4.95. The second-order valence-electron chi connectivity index (χ2n) is 6.77. The van der Waals surface area contributed by atoms with E-state index in [1.165, 1.54) is 17.8 Å². The average molecular weight is 380 g/mol. The minimum absolute atomic E-state index is 0.111. The lowest BCUT2D eigenvalue weighted by atomic mass is 10.3. The van der Waals surface area contributed by atoms with E-state index in [9.17, 15) is 14.0 Å². The molecule has 2 fully saturated rings. The molecule has 0 unspecified atom stereocenters. The summed E-state index contributed by atoms with van der Waals surface area (Å²) in [6.07, 6.45) is 2.63. The summed E-state index contributed by atoms with van der Waals surface area (Å²) in [5.41, 5.74) is 0. The van der Waals surface area contributed by atoms with E-state index in [1.807, 2.05) is 9.80 Å². The maximum atomic E-state index is 13.6. The van der Waals surface area contributed by atoms with Crippen LogP contribution in [0.4, 0.5) is 4.39 Å². The van der Waals surface area contributed by atoms with Crippen molar-refractivity contribution in [2.45, 2.75) is 24.2 Å². The van der Waals surface area contributed by atoms with E-state index in [1.54, 1.807) is 18.2 Å². The molecule has 0 aromatic heterocycles. The van der Waals surface area contributed by atoms with Crippen molar-refractivity contribution >= 4 is 23.6 Å². The van der Waals surface area contributed by atoms with Crippen LogP contribution in [0.1, 0.15) is 19.3 Å². The monoisotopic (exact) mass is 379 g/mol. The largest absolute Gasteiger partial charge is 0.342 e. The van der Waals surface area contributed by atoms with Gasteiger partial charge < -0.3 is 9.80 Å². The zero-order valence-electron chi connectivity index (χ0n) is 15.0. The Morgan fingerprint density at radius 2 is 1.58 bits per heavy atom. The lowest BCUT2D eigenvalue weighted by Crippen LogP contribution is -2.51. The predicted molar refractivity (Wildman–Crippen MR) is 101 cm³/mol. The summed E-state index contributed by atoms with van der Waals surface area (Å²) in [4.78, 5) is 31.1. The van der Waals surface area contributed by atoms with Crippen LogP contribution in [-0.2, 0) is 9.59 Å². The SMILES string of the molecule is O=C(CCSc1ccccc1F)N1CCN(CC(=O)N2CCCC2)CC1. The first kappa shape index (κ1) is 19.2. The van der Waals surface area contributed by atoms with Gasteiger partial charge in [0.25, 0.3) is 0 Å². The van der Waals surface area contributed by atoms with Crippen molar-refractivity contribution in [3.05, 3.63) is 30.1 Å². The lowest BCUT2D eigenvalue weighted by molar-refractivity contribution is -0.134. The fraction of sp³-hybridized carbons (Fsp3) is 0.579. The summed E-state index contributed by atoms with van der Waals surface area (Å²) >= 11 is 1.38. The summed E-state index contributed by atoms with van der Waals surface area (Å²) in [6, 6.07) is 6.64. The number of piperazine rings is 1. The van der Waals surface area contributed by atoms with Crippen LogP contribution < -0.4 is 0 Å². The van der Waals surface area contributed by atoms with Gasteiger partial charge in [0.15, 0.2) is 0 Å². The molecule has 1 aromatic carbocycles. The van der Waals surface area contributed by atoms with Crippen LogP contribution in [0.2, 0.25) is 0 Å². The minimum atomic E-state index is -0.235. The first-order valence-electron chi connectivity index (χ1n) is 9.29. The van der Waals surface area contributed by atoms with Crippen LogP contribution in [0, 0.1) is 5.82 Å². The summed E-state index contributed by atoms with van der Waals surface area (Å²) in [6.45, 7) is 5.05. The van der Waals surface area contributed by atoms with E-state index < -0.39 is 0 Å². The van der Waals surface area contributed by atoms with Gasteiger partial charge in [0.1, 0.15) is 5.82 Å². The standard InChI is InChI=1S/C19H26FN3O2S/c20-16-5-1-2-6-17(16)26-14-7-18(24)23-12-10-21(11-13-23)15-19(25)22-8-3-4-9-22/h1-2,5-6H,3-4,7-15H2. The van der Waals surface area contributed by atoms with Gasteiger partial charge in [-0.1, -0.05) is 12.1 Å². The molecule has 142 valence electrons. The molecule has 0 radical (unpaired) electrons. The maximum Gasteiger partial charge on any atom is 0.236 e. The van der Waals surface area contributed by atoms with Crippen LogP contribution in [0.25, 0.3) is 0 Å². The molecule has 2 heterocycles. The van der Waals surface area contributed by atoms with Crippen LogP contribution in [0.3, 0.4) is 0 Å². The number of hydrogen-bond acceptors (Lipinski definition) is 4. The third-order valence-corrected chi connectivity index (χ3v) is 6.00. The van der Waals surface area contributed by atoms with Gasteiger partial charge in [-0.2, -0.15) is 0 Å². The summed E-state index contributed by atoms with van der Waals surface area (Å²) < 4.78 is 13.6. The molecule has 1 aromatic rings. The Bertz CT molecular complexity index is 629. The van der Waals surface area contributed by atoms with Gasteiger partial charge in [-0.3, -0.25) is 14.5 Å². The summed E-state index contributed by atoms with van der Waals surface area (Å²) in [7, 11) is 0. The van der Waals surface area contributed by atoms with E-state index in [0.29, 0.717) is 36.7 Å². The molecule has 2 saturated heterocycles. The number of benzene rings is 1. The van der Waals surface area contributed by atoms with Crippen molar-refractivity contribution in [1.29, 1.82) is 0 Å². The highest BCUT2D eigenvalue weighted by molar-refractivity contribution is 7.99. The lowest BCUT2D eigenvalue weighted by Gasteiger charge is -2.35. The topological polar surface area (TPSA) is 43.9 Å². The number of nitrogens with zero attached hydrogens (tertiary/aromatic N) is 3. The quantitative estimate of drug-likeness (QED) is 0.710. The van der Waals surface area contributed by atoms with Gasteiger partial charge in [-0.15, -0.1) is 11.8 Å². The van der Waals surface area contributed by atoms with Crippen LogP contribution >= 0.6 is 11.8 Å². The van der Waals surface area contributed by atoms with Crippen molar-refractivity contribution in [1.82, 2.24) is 14.7 Å². The zero-order valence-corrected chi connectivity index (χ0v) is 15.8. The number of thioether (sulfide) groups is 1. The van der Waals surface area contributed by atoms with Crippen LogP contribution in [0.15, 0.2) is 29.2 Å². The summed E-state index contributed by atoms with van der Waals surface area (Å²) in [5, 5.41) is 0. The molecule has 2 amide bonds. The Hall–Kier alpha value is -1.60. The van der Waals surface area contributed by atoms with Gasteiger partial charge in [0, 0.05) is 56.3 Å². The van der Waals surface area contributed by atoms with Crippen LogP contribution in [0.5, 0.6) is 0 Å². The molecule has 2 aliphatic rings. The summed E-state index contributed by atoms with van der Waals surface area (Å²) in [5.74, 6) is 0.664. The van der Waals surface area contributed by atoms with E-state index in [4.69, 9.17) is 0 Å². The Labute approximate surface area is 158 Å². The van der Waals surface area contributed by atoms with Crippen molar-refractivity contribution in [2.24, 2.45) is 0 Å². The highest BCUT2D eigenvalue weighted by Crippen LogP contribution is 2.22. The molecular weight excluding hydrogens is 353 g/mol. The van der Waals surface area contributed by atoms with Crippen LogP contribution in [-0.4, -0.2) is 78.1 Å². The molecule has 3 rings (SSSR count). The second kappa shape index (κ2) is 9.37. The predicted octanol–water partition coefficient (Wildman–Crippen LogP) is 2.07. The number of amides is 2. The number of carbonyl (C=O) groups is 2. The Morgan fingerprint density at radius 1 is 0.923 bits per heavy atom. The Balaban J connectivity index is 1.35. The van der Waals surface area contributed by atoms with E-state index in [-0.39, 0.29) is 17.6 Å². The van der Waals surface area contributed by atoms with Crippen molar-refractivity contribution < 1.29 is 14.0 Å². The smallest absolute Gasteiger partial charge is 0.236 e. The number of carbonyl (C=O) groups excluding carboxylic acids is 2. The highest BCUT2D eigenvalue weighted by Gasteiger charge is 2.25. The molecule has 0 spiro atoms. The molecule has 0 aliphatic carbocycles. The van der Waals surface area contributed by atoms with Crippen molar-refractivity contribution in [3.8, 4) is 0 Å². The van der Waals surface area contributed by atoms with Gasteiger partial charge in [0.2, 0.25) is 11.8 Å². The van der Waals surface area contributed by atoms with Crippen molar-refractivity contribution in [2.75, 3.05) is 51.6 Å². The normalized spacial score (nSPS) is 18.3. The first-order valence-corrected chi connectivity index (χ1v) is 10.3. The second-order valence-corrected chi connectivity index (χ2v) is 7.91. The fourth-order valence-corrected chi connectivity index (χ4v) is 4.26. The molecule has 0 atom stereocenters. The average Bonchev–Trinajstić information content (AvgIpc) is 3.19. The van der Waals surface area contributed by atoms with Gasteiger partial charge in [0.05, 0.1) is 6.54 Å². The highest BCUT2D eigenvalue weighted by atomic mass is 32.2. The molecule has 2 aliphatic heterocycles. The Kier molecular flexibility index (Phi) is 6.91. The van der Waals surface area contributed by atoms with Crippen molar-refractivity contribution in [3.63, 3.8) is 0 Å². The fourth-order valence-electron chi connectivity index (χ4n) is 3.38. The minimum Gasteiger partial charge on any atom is -0.342 e.